The van der Waals surface area contributed by atoms with Gasteiger partial charge in [0.2, 0.25) is 5.91 Å². The third kappa shape index (κ3) is 3.79. The number of hydrogen-bond acceptors (Lipinski definition) is 5. The lowest BCUT2D eigenvalue weighted by atomic mass is 10.1. The molecule has 1 aliphatic rings. The Bertz CT molecular complexity index is 355. The van der Waals surface area contributed by atoms with Crippen LogP contribution in [0.5, 0.6) is 0 Å². The molecule has 0 bridgehead atoms. The first-order chi connectivity index (χ1) is 8.99. The summed E-state index contributed by atoms with van der Waals surface area (Å²) in [7, 11) is -2.10. The number of carbonyl (C=O) groups excluding carboxylic acids is 1. The Hall–Kier alpha value is -0.473. The first-order valence-corrected chi connectivity index (χ1v) is 9.79. The molecule has 1 aliphatic heterocycles. The average molecular weight is 305 g/mol. The number of rotatable bonds is 4. The Morgan fingerprint density at radius 1 is 1.40 bits per heavy atom. The van der Waals surface area contributed by atoms with E-state index < -0.39 is 32.9 Å². The normalized spacial score (nSPS) is 31.4. The fourth-order valence-corrected chi connectivity index (χ4v) is 3.27. The van der Waals surface area contributed by atoms with E-state index >= 15 is 0 Å². The smallest absolute Gasteiger partial charge is 0.217 e. The van der Waals surface area contributed by atoms with Crippen molar-refractivity contribution in [3.8, 4) is 0 Å². The second-order valence-corrected chi connectivity index (χ2v) is 11.6. The van der Waals surface area contributed by atoms with Crippen LogP contribution in [0.2, 0.25) is 18.1 Å². The van der Waals surface area contributed by atoms with E-state index in [4.69, 9.17) is 9.16 Å². The number of aliphatic hydroxyl groups excluding tert-OH is 2. The van der Waals surface area contributed by atoms with Gasteiger partial charge in [0.15, 0.2) is 14.6 Å². The summed E-state index contributed by atoms with van der Waals surface area (Å²) in [5.74, 6) is -0.264. The van der Waals surface area contributed by atoms with Crippen LogP contribution in [0.25, 0.3) is 0 Å². The molecule has 0 aromatic carbocycles. The van der Waals surface area contributed by atoms with Crippen LogP contribution in [0.15, 0.2) is 0 Å². The third-order valence-electron chi connectivity index (χ3n) is 4.13. The molecule has 118 valence electrons. The molecule has 1 amide bonds. The molecular formula is C13H27NO5Si. The Kier molecular flexibility index (Phi) is 5.37. The van der Waals surface area contributed by atoms with E-state index in [2.05, 4.69) is 39.2 Å². The van der Waals surface area contributed by atoms with Gasteiger partial charge in [-0.15, -0.1) is 0 Å². The first-order valence-electron chi connectivity index (χ1n) is 6.89. The van der Waals surface area contributed by atoms with Gasteiger partial charge in [0.25, 0.3) is 0 Å². The van der Waals surface area contributed by atoms with Gasteiger partial charge in [-0.05, 0) is 18.1 Å². The highest BCUT2D eigenvalue weighted by atomic mass is 28.4. The second kappa shape index (κ2) is 6.11. The molecule has 3 N–H and O–H groups in total. The van der Waals surface area contributed by atoms with Crippen LogP contribution in [-0.2, 0) is 14.0 Å². The maximum absolute atomic E-state index is 11.3. The standard InChI is InChI=1S/C13H27NO5Si/c1-8(16)14-10-11(9(7-15)18-12(10)17)19-20(5,6)13(2,3)4/h9-12,15,17H,7H2,1-6H3,(H,14,16)/t9-,10+,11?,12+/m1/s1. The number of ether oxygens (including phenoxy) is 1. The van der Waals surface area contributed by atoms with Gasteiger partial charge < -0.3 is 24.7 Å². The van der Waals surface area contributed by atoms with E-state index in [1.165, 1.54) is 6.92 Å². The van der Waals surface area contributed by atoms with E-state index in [1.54, 1.807) is 0 Å². The zero-order chi connectivity index (χ0) is 15.7. The molecule has 1 heterocycles. The lowest BCUT2D eigenvalue weighted by Gasteiger charge is -2.40. The predicted octanol–water partition coefficient (Wildman–Crippen LogP) is 0.591. The molecule has 0 radical (unpaired) electrons. The highest BCUT2D eigenvalue weighted by Gasteiger charge is 2.49. The van der Waals surface area contributed by atoms with Crippen molar-refractivity contribution >= 4 is 14.2 Å². The molecule has 0 spiro atoms. The van der Waals surface area contributed by atoms with Crippen molar-refractivity contribution in [3.05, 3.63) is 0 Å². The van der Waals surface area contributed by atoms with Crippen LogP contribution in [0.1, 0.15) is 27.7 Å². The molecule has 7 heteroatoms. The van der Waals surface area contributed by atoms with E-state index in [9.17, 15) is 15.0 Å². The van der Waals surface area contributed by atoms with Crippen molar-refractivity contribution < 1.29 is 24.2 Å². The number of nitrogens with one attached hydrogen (secondary N) is 1. The summed E-state index contributed by atoms with van der Waals surface area (Å²) in [6, 6.07) is -0.654. The fourth-order valence-electron chi connectivity index (χ4n) is 1.94. The Morgan fingerprint density at radius 3 is 2.35 bits per heavy atom. The Balaban J connectivity index is 2.94. The summed E-state index contributed by atoms with van der Waals surface area (Å²) >= 11 is 0. The molecular weight excluding hydrogens is 278 g/mol. The maximum Gasteiger partial charge on any atom is 0.217 e. The average Bonchev–Trinajstić information content (AvgIpc) is 2.54. The summed E-state index contributed by atoms with van der Waals surface area (Å²) in [6.07, 6.45) is -2.33. The van der Waals surface area contributed by atoms with Gasteiger partial charge in [-0.25, -0.2) is 0 Å². The molecule has 1 saturated heterocycles. The zero-order valence-corrected chi connectivity index (χ0v) is 14.1. The van der Waals surface area contributed by atoms with Gasteiger partial charge in [-0.2, -0.15) is 0 Å². The second-order valence-electron chi connectivity index (χ2n) is 6.82. The van der Waals surface area contributed by atoms with Gasteiger partial charge in [0.1, 0.15) is 12.1 Å². The van der Waals surface area contributed by atoms with Crippen molar-refractivity contribution in [2.45, 2.75) is 70.4 Å². The van der Waals surface area contributed by atoms with Crippen LogP contribution < -0.4 is 5.32 Å². The summed E-state index contributed by atoms with van der Waals surface area (Å²) in [5, 5.41) is 21.9. The predicted molar refractivity (Wildman–Crippen MR) is 77.6 cm³/mol. The quantitative estimate of drug-likeness (QED) is 0.662. The van der Waals surface area contributed by atoms with Crippen molar-refractivity contribution in [1.29, 1.82) is 0 Å². The summed E-state index contributed by atoms with van der Waals surface area (Å²) in [5.41, 5.74) is 0. The minimum atomic E-state index is -2.10. The number of amides is 1. The fraction of sp³-hybridized carbons (Fsp3) is 0.923. The van der Waals surface area contributed by atoms with Crippen LogP contribution in [-0.4, -0.2) is 55.6 Å². The lowest BCUT2D eigenvalue weighted by molar-refractivity contribution is -0.127. The van der Waals surface area contributed by atoms with Crippen molar-refractivity contribution in [1.82, 2.24) is 5.32 Å². The Labute approximate surface area is 121 Å². The molecule has 4 atom stereocenters. The summed E-state index contributed by atoms with van der Waals surface area (Å²) < 4.78 is 11.5. The summed E-state index contributed by atoms with van der Waals surface area (Å²) in [4.78, 5) is 11.3. The van der Waals surface area contributed by atoms with Gasteiger partial charge >= 0.3 is 0 Å². The van der Waals surface area contributed by atoms with Crippen molar-refractivity contribution in [3.63, 3.8) is 0 Å². The Morgan fingerprint density at radius 2 is 1.95 bits per heavy atom. The molecule has 0 aliphatic carbocycles. The summed E-state index contributed by atoms with van der Waals surface area (Å²) in [6.45, 7) is 11.6. The zero-order valence-electron chi connectivity index (χ0n) is 13.1. The van der Waals surface area contributed by atoms with Gasteiger partial charge in [-0.1, -0.05) is 20.8 Å². The molecule has 1 fully saturated rings. The van der Waals surface area contributed by atoms with Crippen LogP contribution >= 0.6 is 0 Å². The molecule has 0 aromatic heterocycles. The molecule has 20 heavy (non-hydrogen) atoms. The van der Waals surface area contributed by atoms with E-state index in [0.29, 0.717) is 0 Å². The highest BCUT2D eigenvalue weighted by Crippen LogP contribution is 2.39. The maximum atomic E-state index is 11.3. The topological polar surface area (TPSA) is 88.0 Å². The molecule has 6 nitrogen and oxygen atoms in total. The van der Waals surface area contributed by atoms with E-state index in [1.807, 2.05) is 0 Å². The highest BCUT2D eigenvalue weighted by molar-refractivity contribution is 6.74. The SMILES string of the molecule is CC(=O)N[C@H]1C(O[Si](C)(C)C(C)(C)C)[C@@H](CO)O[C@@H]1O. The molecule has 0 saturated carbocycles. The molecule has 1 rings (SSSR count). The monoisotopic (exact) mass is 305 g/mol. The minimum absolute atomic E-state index is 0.0126. The largest absolute Gasteiger partial charge is 0.409 e. The van der Waals surface area contributed by atoms with Crippen LogP contribution in [0.3, 0.4) is 0 Å². The van der Waals surface area contributed by atoms with Crippen LogP contribution in [0, 0.1) is 0 Å². The van der Waals surface area contributed by atoms with E-state index in [-0.39, 0.29) is 17.6 Å². The van der Waals surface area contributed by atoms with Gasteiger partial charge in [-0.3, -0.25) is 4.79 Å². The minimum Gasteiger partial charge on any atom is -0.409 e. The number of hydrogen-bond donors (Lipinski definition) is 3. The number of aliphatic hydroxyl groups is 2. The third-order valence-corrected chi connectivity index (χ3v) is 8.60. The molecule has 0 aromatic rings. The van der Waals surface area contributed by atoms with Crippen molar-refractivity contribution in [2.24, 2.45) is 0 Å². The van der Waals surface area contributed by atoms with E-state index in [0.717, 1.165) is 0 Å². The first kappa shape index (κ1) is 17.6. The van der Waals surface area contributed by atoms with Gasteiger partial charge in [0, 0.05) is 6.92 Å². The van der Waals surface area contributed by atoms with Crippen LogP contribution in [0.4, 0.5) is 0 Å². The molecule has 1 unspecified atom stereocenters. The number of carbonyl (C=O) groups is 1. The van der Waals surface area contributed by atoms with Crippen molar-refractivity contribution in [2.75, 3.05) is 6.61 Å². The lowest BCUT2D eigenvalue weighted by Crippen LogP contribution is -2.54. The van der Waals surface area contributed by atoms with Gasteiger partial charge in [0.05, 0.1) is 12.7 Å².